The Morgan fingerprint density at radius 3 is 2.76 bits per heavy atom. The third kappa shape index (κ3) is 3.75. The van der Waals surface area contributed by atoms with Crippen molar-refractivity contribution in [2.75, 3.05) is 20.8 Å². The SMILES string of the molecule is COc1ccc(OC)c(C=CC(=O)OC2CCOC2=O)c1. The van der Waals surface area contributed by atoms with E-state index in [1.807, 2.05) is 0 Å². The van der Waals surface area contributed by atoms with Crippen LogP contribution in [0.15, 0.2) is 24.3 Å². The molecule has 1 atom stereocenters. The predicted molar refractivity (Wildman–Crippen MR) is 74.0 cm³/mol. The summed E-state index contributed by atoms with van der Waals surface area (Å²) in [6.07, 6.45) is 2.36. The Morgan fingerprint density at radius 2 is 2.14 bits per heavy atom. The van der Waals surface area contributed by atoms with E-state index >= 15 is 0 Å². The molecular formula is C15H16O6. The Bertz CT molecular complexity index is 563. The van der Waals surface area contributed by atoms with Crippen LogP contribution in [0.1, 0.15) is 12.0 Å². The number of carbonyl (C=O) groups excluding carboxylic acids is 2. The van der Waals surface area contributed by atoms with Crippen LogP contribution >= 0.6 is 0 Å². The lowest BCUT2D eigenvalue weighted by atomic mass is 10.1. The van der Waals surface area contributed by atoms with Gasteiger partial charge in [-0.1, -0.05) is 0 Å². The first-order valence-electron chi connectivity index (χ1n) is 6.41. The van der Waals surface area contributed by atoms with Crippen LogP contribution in [0.2, 0.25) is 0 Å². The summed E-state index contributed by atoms with van der Waals surface area (Å²) in [6.45, 7) is 0.282. The van der Waals surface area contributed by atoms with Gasteiger partial charge in [0.05, 0.1) is 20.8 Å². The molecule has 2 rings (SSSR count). The van der Waals surface area contributed by atoms with Crippen molar-refractivity contribution in [1.29, 1.82) is 0 Å². The molecule has 0 N–H and O–H groups in total. The summed E-state index contributed by atoms with van der Waals surface area (Å²) in [5.74, 6) is 0.128. The molecule has 0 bridgehead atoms. The molecule has 21 heavy (non-hydrogen) atoms. The second-order valence-corrected chi connectivity index (χ2v) is 4.32. The highest BCUT2D eigenvalue weighted by atomic mass is 16.6. The average molecular weight is 292 g/mol. The molecule has 1 heterocycles. The monoisotopic (exact) mass is 292 g/mol. The molecule has 6 nitrogen and oxygen atoms in total. The molecule has 1 aliphatic rings. The summed E-state index contributed by atoms with van der Waals surface area (Å²) in [5.41, 5.74) is 0.669. The largest absolute Gasteiger partial charge is 0.497 e. The normalized spacial score (nSPS) is 17.6. The maximum absolute atomic E-state index is 11.7. The third-order valence-corrected chi connectivity index (χ3v) is 2.98. The highest BCUT2D eigenvalue weighted by molar-refractivity contribution is 5.90. The molecule has 6 heteroatoms. The first kappa shape index (κ1) is 14.9. The number of carbonyl (C=O) groups is 2. The van der Waals surface area contributed by atoms with Gasteiger partial charge in [-0.15, -0.1) is 0 Å². The molecule has 1 aromatic rings. The number of methoxy groups -OCH3 is 2. The highest BCUT2D eigenvalue weighted by Gasteiger charge is 2.29. The minimum Gasteiger partial charge on any atom is -0.497 e. The van der Waals surface area contributed by atoms with Gasteiger partial charge in [0.25, 0.3) is 0 Å². The van der Waals surface area contributed by atoms with Gasteiger partial charge in [-0.3, -0.25) is 0 Å². The third-order valence-electron chi connectivity index (χ3n) is 2.98. The van der Waals surface area contributed by atoms with Crippen LogP contribution in [-0.4, -0.2) is 38.9 Å². The second-order valence-electron chi connectivity index (χ2n) is 4.32. The topological polar surface area (TPSA) is 71.1 Å². The highest BCUT2D eigenvalue weighted by Crippen LogP contribution is 2.25. The number of rotatable bonds is 5. The van der Waals surface area contributed by atoms with Crippen molar-refractivity contribution >= 4 is 18.0 Å². The van der Waals surface area contributed by atoms with Gasteiger partial charge >= 0.3 is 11.9 Å². The molecule has 112 valence electrons. The minimum atomic E-state index is -0.811. The van der Waals surface area contributed by atoms with Crippen LogP contribution in [0.4, 0.5) is 0 Å². The van der Waals surface area contributed by atoms with Crippen molar-refractivity contribution in [1.82, 2.24) is 0 Å². The number of hydrogen-bond acceptors (Lipinski definition) is 6. The van der Waals surface area contributed by atoms with Crippen molar-refractivity contribution in [2.45, 2.75) is 12.5 Å². The van der Waals surface area contributed by atoms with Gasteiger partial charge in [0.1, 0.15) is 11.5 Å². The number of ether oxygens (including phenoxy) is 4. The average Bonchev–Trinajstić information content (AvgIpc) is 2.90. The molecular weight excluding hydrogens is 276 g/mol. The molecule has 0 aliphatic carbocycles. The van der Waals surface area contributed by atoms with E-state index in [9.17, 15) is 9.59 Å². The van der Waals surface area contributed by atoms with E-state index in [4.69, 9.17) is 18.9 Å². The Hall–Kier alpha value is -2.50. The summed E-state index contributed by atoms with van der Waals surface area (Å²) in [6, 6.07) is 5.22. The standard InChI is InChI=1S/C15H16O6/c1-18-11-4-5-12(19-2)10(9-11)3-6-14(16)21-13-7-8-20-15(13)17/h3-6,9,13H,7-8H2,1-2H3. The summed E-state index contributed by atoms with van der Waals surface area (Å²) in [5, 5.41) is 0. The molecule has 1 aliphatic heterocycles. The number of esters is 2. The maximum atomic E-state index is 11.7. The molecule has 0 radical (unpaired) electrons. The Labute approximate surface area is 122 Å². The van der Waals surface area contributed by atoms with Crippen molar-refractivity contribution in [3.05, 3.63) is 29.8 Å². The quantitative estimate of drug-likeness (QED) is 0.606. The maximum Gasteiger partial charge on any atom is 0.347 e. The van der Waals surface area contributed by atoms with Crippen LogP contribution < -0.4 is 9.47 Å². The first-order chi connectivity index (χ1) is 10.1. The van der Waals surface area contributed by atoms with Gasteiger partial charge in [-0.25, -0.2) is 9.59 Å². The zero-order valence-electron chi connectivity index (χ0n) is 11.8. The lowest BCUT2D eigenvalue weighted by molar-refractivity contribution is -0.156. The van der Waals surface area contributed by atoms with Gasteiger partial charge < -0.3 is 18.9 Å². The van der Waals surface area contributed by atoms with Crippen LogP contribution in [0.3, 0.4) is 0 Å². The van der Waals surface area contributed by atoms with Crippen LogP contribution in [0.5, 0.6) is 11.5 Å². The summed E-state index contributed by atoms with van der Waals surface area (Å²) in [4.78, 5) is 22.9. The Morgan fingerprint density at radius 1 is 1.33 bits per heavy atom. The minimum absolute atomic E-state index is 0.282. The van der Waals surface area contributed by atoms with Gasteiger partial charge in [0, 0.05) is 18.1 Å². The van der Waals surface area contributed by atoms with Crippen molar-refractivity contribution < 1.29 is 28.5 Å². The van der Waals surface area contributed by atoms with E-state index in [1.54, 1.807) is 31.4 Å². The first-order valence-corrected chi connectivity index (χ1v) is 6.41. The van der Waals surface area contributed by atoms with Crippen molar-refractivity contribution in [3.8, 4) is 11.5 Å². The number of benzene rings is 1. The van der Waals surface area contributed by atoms with E-state index in [0.29, 0.717) is 23.5 Å². The van der Waals surface area contributed by atoms with Crippen molar-refractivity contribution in [3.63, 3.8) is 0 Å². The molecule has 1 aromatic carbocycles. The van der Waals surface area contributed by atoms with E-state index in [-0.39, 0.29) is 6.61 Å². The predicted octanol–water partition coefficient (Wildman–Crippen LogP) is 1.58. The lowest BCUT2D eigenvalue weighted by Gasteiger charge is -2.08. The smallest absolute Gasteiger partial charge is 0.347 e. The van der Waals surface area contributed by atoms with Crippen LogP contribution in [0.25, 0.3) is 6.08 Å². The molecule has 1 saturated heterocycles. The number of cyclic esters (lactones) is 1. The Kier molecular flexibility index (Phi) is 4.81. The molecule has 0 aromatic heterocycles. The van der Waals surface area contributed by atoms with E-state index in [0.717, 1.165) is 0 Å². The van der Waals surface area contributed by atoms with E-state index < -0.39 is 18.0 Å². The molecule has 1 fully saturated rings. The van der Waals surface area contributed by atoms with Gasteiger partial charge in [0.2, 0.25) is 6.10 Å². The molecule has 0 spiro atoms. The fourth-order valence-electron chi connectivity index (χ4n) is 1.89. The molecule has 1 unspecified atom stereocenters. The zero-order chi connectivity index (χ0) is 15.2. The van der Waals surface area contributed by atoms with Gasteiger partial charge in [-0.05, 0) is 24.3 Å². The summed E-state index contributed by atoms with van der Waals surface area (Å²) >= 11 is 0. The summed E-state index contributed by atoms with van der Waals surface area (Å²) < 4.78 is 20.0. The van der Waals surface area contributed by atoms with Gasteiger partial charge in [0.15, 0.2) is 0 Å². The fourth-order valence-corrected chi connectivity index (χ4v) is 1.89. The Balaban J connectivity index is 2.05. The van der Waals surface area contributed by atoms with Crippen molar-refractivity contribution in [2.24, 2.45) is 0 Å². The summed E-state index contributed by atoms with van der Waals surface area (Å²) in [7, 11) is 3.08. The zero-order valence-corrected chi connectivity index (χ0v) is 11.8. The van der Waals surface area contributed by atoms with E-state index in [1.165, 1.54) is 13.2 Å². The number of hydrogen-bond donors (Lipinski definition) is 0. The lowest BCUT2D eigenvalue weighted by Crippen LogP contribution is -2.21. The van der Waals surface area contributed by atoms with Crippen LogP contribution in [-0.2, 0) is 19.1 Å². The van der Waals surface area contributed by atoms with Gasteiger partial charge in [-0.2, -0.15) is 0 Å². The van der Waals surface area contributed by atoms with E-state index in [2.05, 4.69) is 0 Å². The molecule has 0 amide bonds. The van der Waals surface area contributed by atoms with Crippen LogP contribution in [0, 0.1) is 0 Å². The molecule has 0 saturated carbocycles. The second kappa shape index (κ2) is 6.78. The fraction of sp³-hybridized carbons (Fsp3) is 0.333.